The Bertz CT molecular complexity index is 1410. The fraction of sp³-hybridized carbons (Fsp3) is 0.355. The number of amides is 2. The number of para-hydroxylation sites is 1. The summed E-state index contributed by atoms with van der Waals surface area (Å²) < 4.78 is 26.4. The van der Waals surface area contributed by atoms with E-state index in [1.807, 2.05) is 50.2 Å². The van der Waals surface area contributed by atoms with E-state index in [4.69, 9.17) is 23.2 Å². The summed E-state index contributed by atoms with van der Waals surface area (Å²) in [7, 11) is -3.57. The van der Waals surface area contributed by atoms with Crippen molar-refractivity contribution in [3.8, 4) is 0 Å². The molecule has 0 bridgehead atoms. The van der Waals surface area contributed by atoms with Crippen molar-refractivity contribution in [2.75, 3.05) is 17.1 Å². The van der Waals surface area contributed by atoms with E-state index in [1.165, 1.54) is 4.31 Å². The molecule has 0 aromatic heterocycles. The second-order valence-electron chi connectivity index (χ2n) is 10.1. The van der Waals surface area contributed by atoms with E-state index < -0.39 is 16.1 Å². The molecule has 0 saturated heterocycles. The molecule has 0 saturated carbocycles. The molecule has 7 nitrogen and oxygen atoms in total. The molecule has 0 fully saturated rings. The highest BCUT2D eigenvalue weighted by molar-refractivity contribution is 7.92. The highest BCUT2D eigenvalue weighted by Crippen LogP contribution is 2.25. The lowest BCUT2D eigenvalue weighted by molar-refractivity contribution is -0.141. The van der Waals surface area contributed by atoms with Crippen molar-refractivity contribution in [3.05, 3.63) is 100 Å². The van der Waals surface area contributed by atoms with Crippen molar-refractivity contribution in [1.82, 2.24) is 10.2 Å². The van der Waals surface area contributed by atoms with E-state index in [9.17, 15) is 18.0 Å². The van der Waals surface area contributed by atoms with Gasteiger partial charge >= 0.3 is 0 Å². The Morgan fingerprint density at radius 2 is 1.59 bits per heavy atom. The van der Waals surface area contributed by atoms with Crippen molar-refractivity contribution in [2.24, 2.45) is 0 Å². The molecule has 0 unspecified atom stereocenters. The molecular weight excluding hydrogens is 581 g/mol. The summed E-state index contributed by atoms with van der Waals surface area (Å²) >= 11 is 12.6. The molecule has 3 aromatic rings. The van der Waals surface area contributed by atoms with E-state index in [-0.39, 0.29) is 43.8 Å². The van der Waals surface area contributed by atoms with Gasteiger partial charge in [-0.3, -0.25) is 13.9 Å². The molecule has 41 heavy (non-hydrogen) atoms. The highest BCUT2D eigenvalue weighted by Gasteiger charge is 2.31. The summed E-state index contributed by atoms with van der Waals surface area (Å²) in [6.45, 7) is 4.11. The molecule has 2 amide bonds. The molecule has 0 radical (unpaired) electrons. The van der Waals surface area contributed by atoms with Gasteiger partial charge in [-0.2, -0.15) is 0 Å². The van der Waals surface area contributed by atoms with Gasteiger partial charge in [0, 0.05) is 42.0 Å². The van der Waals surface area contributed by atoms with Gasteiger partial charge in [0.2, 0.25) is 21.8 Å². The Labute approximate surface area is 253 Å². The summed E-state index contributed by atoms with van der Waals surface area (Å²) in [6, 6.07) is 22.5. The van der Waals surface area contributed by atoms with Crippen molar-refractivity contribution >= 4 is 50.7 Å². The van der Waals surface area contributed by atoms with Crippen LogP contribution in [0.2, 0.25) is 10.0 Å². The molecule has 2 atom stereocenters. The minimum Gasteiger partial charge on any atom is -0.352 e. The SMILES string of the molecule is CC[C@H](C)NC(=O)[C@H](Cc1ccccc1)N(Cc1ccc(Cl)cc1Cl)C(=O)CCCN(c1ccccc1)S(C)(=O)=O. The maximum absolute atomic E-state index is 13.9. The van der Waals surface area contributed by atoms with E-state index in [1.54, 1.807) is 47.4 Å². The minimum atomic E-state index is -3.57. The second kappa shape index (κ2) is 15.2. The number of benzene rings is 3. The number of nitrogens with zero attached hydrogens (tertiary/aromatic N) is 2. The normalized spacial score (nSPS) is 12.8. The van der Waals surface area contributed by atoms with Gasteiger partial charge in [-0.25, -0.2) is 8.42 Å². The third-order valence-corrected chi connectivity index (χ3v) is 8.61. The molecule has 220 valence electrons. The lowest BCUT2D eigenvalue weighted by Gasteiger charge is -2.33. The molecule has 0 aliphatic carbocycles. The molecule has 10 heteroatoms. The molecule has 0 aliphatic rings. The fourth-order valence-electron chi connectivity index (χ4n) is 4.43. The van der Waals surface area contributed by atoms with Gasteiger partial charge < -0.3 is 10.2 Å². The summed E-state index contributed by atoms with van der Waals surface area (Å²) in [5.74, 6) is -0.540. The Hall–Kier alpha value is -3.07. The number of halogens is 2. The van der Waals surface area contributed by atoms with Crippen LogP contribution in [-0.2, 0) is 32.6 Å². The van der Waals surface area contributed by atoms with Gasteiger partial charge in [-0.15, -0.1) is 0 Å². The maximum atomic E-state index is 13.9. The van der Waals surface area contributed by atoms with E-state index in [0.29, 0.717) is 27.7 Å². The lowest BCUT2D eigenvalue weighted by atomic mass is 10.0. The van der Waals surface area contributed by atoms with Crippen LogP contribution in [0.3, 0.4) is 0 Å². The number of carbonyl (C=O) groups is 2. The fourth-order valence-corrected chi connectivity index (χ4v) is 5.86. The average Bonchev–Trinajstić information content (AvgIpc) is 2.94. The van der Waals surface area contributed by atoms with Crippen LogP contribution in [0.4, 0.5) is 5.69 Å². The highest BCUT2D eigenvalue weighted by atomic mass is 35.5. The van der Waals surface area contributed by atoms with Gasteiger partial charge in [-0.05, 0) is 55.2 Å². The molecule has 3 rings (SSSR count). The number of hydrogen-bond donors (Lipinski definition) is 1. The molecule has 0 spiro atoms. The van der Waals surface area contributed by atoms with Crippen LogP contribution in [-0.4, -0.2) is 50.0 Å². The number of hydrogen-bond acceptors (Lipinski definition) is 4. The lowest BCUT2D eigenvalue weighted by Crippen LogP contribution is -2.52. The maximum Gasteiger partial charge on any atom is 0.243 e. The van der Waals surface area contributed by atoms with Crippen molar-refractivity contribution in [3.63, 3.8) is 0 Å². The predicted molar refractivity (Wildman–Crippen MR) is 167 cm³/mol. The average molecular weight is 619 g/mol. The van der Waals surface area contributed by atoms with Crippen LogP contribution < -0.4 is 9.62 Å². The second-order valence-corrected chi connectivity index (χ2v) is 12.8. The Morgan fingerprint density at radius 3 is 2.17 bits per heavy atom. The first-order chi connectivity index (χ1) is 19.5. The molecule has 3 aromatic carbocycles. The Morgan fingerprint density at radius 1 is 0.951 bits per heavy atom. The van der Waals surface area contributed by atoms with Gasteiger partial charge in [-0.1, -0.05) is 84.7 Å². The molecule has 1 N–H and O–H groups in total. The van der Waals surface area contributed by atoms with E-state index in [0.717, 1.165) is 18.2 Å². The van der Waals surface area contributed by atoms with Gasteiger partial charge in [0.05, 0.1) is 11.9 Å². The van der Waals surface area contributed by atoms with Crippen LogP contribution in [0, 0.1) is 0 Å². The summed E-state index contributed by atoms with van der Waals surface area (Å²) in [5.41, 5.74) is 2.09. The van der Waals surface area contributed by atoms with Gasteiger partial charge in [0.15, 0.2) is 0 Å². The van der Waals surface area contributed by atoms with Crippen LogP contribution in [0.25, 0.3) is 0 Å². The molecule has 0 aliphatic heterocycles. The predicted octanol–water partition coefficient (Wildman–Crippen LogP) is 6.09. The third-order valence-electron chi connectivity index (χ3n) is 6.82. The van der Waals surface area contributed by atoms with Crippen molar-refractivity contribution in [1.29, 1.82) is 0 Å². The quantitative estimate of drug-likeness (QED) is 0.237. The summed E-state index contributed by atoms with van der Waals surface area (Å²) in [5, 5.41) is 3.89. The van der Waals surface area contributed by atoms with Crippen molar-refractivity contribution in [2.45, 2.75) is 58.2 Å². The molecule has 0 heterocycles. The third kappa shape index (κ3) is 9.76. The van der Waals surface area contributed by atoms with Crippen LogP contribution in [0.1, 0.15) is 44.2 Å². The Balaban J connectivity index is 1.91. The topological polar surface area (TPSA) is 86.8 Å². The van der Waals surface area contributed by atoms with Gasteiger partial charge in [0.25, 0.3) is 0 Å². The zero-order valence-corrected chi connectivity index (χ0v) is 25.9. The zero-order valence-electron chi connectivity index (χ0n) is 23.6. The minimum absolute atomic E-state index is 0.0337. The number of carbonyl (C=O) groups excluding carboxylic acids is 2. The number of sulfonamides is 1. The molecular formula is C31H37Cl2N3O4S. The Kier molecular flexibility index (Phi) is 12.1. The number of anilines is 1. The number of rotatable bonds is 14. The summed E-state index contributed by atoms with van der Waals surface area (Å²) in [6.07, 6.45) is 2.48. The van der Waals surface area contributed by atoms with Crippen LogP contribution >= 0.6 is 23.2 Å². The van der Waals surface area contributed by atoms with E-state index >= 15 is 0 Å². The largest absolute Gasteiger partial charge is 0.352 e. The number of nitrogens with one attached hydrogen (secondary N) is 1. The van der Waals surface area contributed by atoms with Gasteiger partial charge in [0.1, 0.15) is 6.04 Å². The first kappa shape index (κ1) is 32.4. The zero-order chi connectivity index (χ0) is 30.0. The smallest absolute Gasteiger partial charge is 0.243 e. The van der Waals surface area contributed by atoms with Crippen LogP contribution in [0.15, 0.2) is 78.9 Å². The first-order valence-electron chi connectivity index (χ1n) is 13.6. The summed E-state index contributed by atoms with van der Waals surface area (Å²) in [4.78, 5) is 29.1. The monoisotopic (exact) mass is 617 g/mol. The van der Waals surface area contributed by atoms with E-state index in [2.05, 4.69) is 5.32 Å². The van der Waals surface area contributed by atoms with Crippen molar-refractivity contribution < 1.29 is 18.0 Å². The standard InChI is InChI=1S/C31H37Cl2N3O4S/c1-4-23(2)34-31(38)29(20-24-12-7-5-8-13-24)35(22-25-17-18-26(32)21-28(25)33)30(37)16-11-19-36(41(3,39)40)27-14-9-6-10-15-27/h5-10,12-15,17-18,21,23,29H,4,11,16,19-20,22H2,1-3H3,(H,34,38)/t23-,29-/m0/s1. The van der Waals surface area contributed by atoms with Crippen LogP contribution in [0.5, 0.6) is 0 Å². The first-order valence-corrected chi connectivity index (χ1v) is 16.2.